The third kappa shape index (κ3) is 3.30. The van der Waals surface area contributed by atoms with Crippen molar-refractivity contribution in [1.29, 1.82) is 0 Å². The third-order valence-corrected chi connectivity index (χ3v) is 3.86. The van der Waals surface area contributed by atoms with E-state index >= 15 is 0 Å². The van der Waals surface area contributed by atoms with E-state index in [2.05, 4.69) is 0 Å². The first-order valence-corrected chi connectivity index (χ1v) is 7.00. The van der Waals surface area contributed by atoms with Gasteiger partial charge in [-0.2, -0.15) is 0 Å². The molecule has 0 radical (unpaired) electrons. The topological polar surface area (TPSA) is 110 Å². The van der Waals surface area contributed by atoms with Gasteiger partial charge in [0.25, 0.3) is 5.69 Å². The Morgan fingerprint density at radius 2 is 2.24 bits per heavy atom. The first kappa shape index (κ1) is 15.2. The van der Waals surface area contributed by atoms with Crippen molar-refractivity contribution in [3.63, 3.8) is 0 Å². The van der Waals surface area contributed by atoms with Crippen LogP contribution in [0.4, 0.5) is 11.4 Å². The molecule has 7 heteroatoms. The standard InChI is InChI=1S/C14H19N3O4/c15-14(19)10-4-5-12(17(20)21)13(9-10)16-7-2-1-3-11(16)6-8-18/h4-5,9,11,18H,1-3,6-8H2,(H2,15,19). The van der Waals surface area contributed by atoms with Gasteiger partial charge in [0.15, 0.2) is 0 Å². The maximum absolute atomic E-state index is 11.3. The zero-order chi connectivity index (χ0) is 15.4. The fraction of sp³-hybridized carbons (Fsp3) is 0.500. The van der Waals surface area contributed by atoms with Crippen molar-refractivity contribution in [2.45, 2.75) is 31.7 Å². The van der Waals surface area contributed by atoms with Crippen LogP contribution in [0.2, 0.25) is 0 Å². The average Bonchev–Trinajstić information content (AvgIpc) is 2.47. The number of nitro benzene ring substituents is 1. The second-order valence-electron chi connectivity index (χ2n) is 5.18. The molecule has 7 nitrogen and oxygen atoms in total. The molecule has 1 aromatic rings. The third-order valence-electron chi connectivity index (χ3n) is 3.86. The monoisotopic (exact) mass is 293 g/mol. The molecule has 1 amide bonds. The molecule has 1 aliphatic rings. The minimum atomic E-state index is -0.609. The van der Waals surface area contributed by atoms with Gasteiger partial charge in [0.2, 0.25) is 5.91 Å². The lowest BCUT2D eigenvalue weighted by Crippen LogP contribution is -2.40. The number of nitro groups is 1. The van der Waals surface area contributed by atoms with Gasteiger partial charge in [-0.1, -0.05) is 0 Å². The van der Waals surface area contributed by atoms with E-state index < -0.39 is 10.8 Å². The summed E-state index contributed by atoms with van der Waals surface area (Å²) in [5, 5.41) is 20.4. The molecule has 1 aliphatic heterocycles. The first-order chi connectivity index (χ1) is 10.0. The minimum absolute atomic E-state index is 0.0322. The van der Waals surface area contributed by atoms with Gasteiger partial charge in [-0.15, -0.1) is 0 Å². The number of hydrogen-bond acceptors (Lipinski definition) is 5. The molecule has 2 rings (SSSR count). The van der Waals surface area contributed by atoms with Crippen LogP contribution >= 0.6 is 0 Å². The number of nitrogens with two attached hydrogens (primary N) is 1. The zero-order valence-electron chi connectivity index (χ0n) is 11.7. The van der Waals surface area contributed by atoms with Gasteiger partial charge in [-0.25, -0.2) is 0 Å². The highest BCUT2D eigenvalue weighted by molar-refractivity contribution is 5.94. The molecule has 0 aliphatic carbocycles. The lowest BCUT2D eigenvalue weighted by molar-refractivity contribution is -0.384. The summed E-state index contributed by atoms with van der Waals surface area (Å²) in [7, 11) is 0. The van der Waals surface area contributed by atoms with Crippen molar-refractivity contribution < 1.29 is 14.8 Å². The predicted molar refractivity (Wildman–Crippen MR) is 78.3 cm³/mol. The van der Waals surface area contributed by atoms with Crippen molar-refractivity contribution >= 4 is 17.3 Å². The van der Waals surface area contributed by atoms with E-state index in [0.717, 1.165) is 19.3 Å². The molecule has 1 saturated heterocycles. The van der Waals surface area contributed by atoms with Crippen molar-refractivity contribution in [2.75, 3.05) is 18.1 Å². The van der Waals surface area contributed by atoms with Crippen molar-refractivity contribution in [3.8, 4) is 0 Å². The van der Waals surface area contributed by atoms with E-state index in [1.807, 2.05) is 4.90 Å². The Morgan fingerprint density at radius 1 is 1.48 bits per heavy atom. The molecule has 1 heterocycles. The van der Waals surface area contributed by atoms with Gasteiger partial charge >= 0.3 is 0 Å². The van der Waals surface area contributed by atoms with E-state index in [-0.39, 0.29) is 23.9 Å². The maximum atomic E-state index is 11.3. The fourth-order valence-electron chi connectivity index (χ4n) is 2.83. The van der Waals surface area contributed by atoms with Gasteiger partial charge < -0.3 is 15.7 Å². The highest BCUT2D eigenvalue weighted by Crippen LogP contribution is 2.34. The Labute approximate surface area is 122 Å². The highest BCUT2D eigenvalue weighted by Gasteiger charge is 2.28. The molecule has 1 fully saturated rings. The van der Waals surface area contributed by atoms with E-state index in [4.69, 9.17) is 10.8 Å². The summed E-state index contributed by atoms with van der Waals surface area (Å²) in [5.74, 6) is -0.609. The summed E-state index contributed by atoms with van der Waals surface area (Å²) in [6, 6.07) is 4.22. The Balaban J connectivity index is 2.44. The summed E-state index contributed by atoms with van der Waals surface area (Å²) < 4.78 is 0. The number of aliphatic hydroxyl groups excluding tert-OH is 1. The van der Waals surface area contributed by atoms with Crippen LogP contribution in [-0.2, 0) is 0 Å². The molecule has 3 N–H and O–H groups in total. The van der Waals surface area contributed by atoms with Gasteiger partial charge in [0, 0.05) is 30.8 Å². The van der Waals surface area contributed by atoms with Crippen molar-refractivity contribution in [2.24, 2.45) is 5.73 Å². The quantitative estimate of drug-likeness (QED) is 0.630. The Hall–Kier alpha value is -2.15. The predicted octanol–water partition coefficient (Wildman–Crippen LogP) is 1.43. The smallest absolute Gasteiger partial charge is 0.292 e. The van der Waals surface area contributed by atoms with Gasteiger partial charge in [0.1, 0.15) is 5.69 Å². The molecule has 0 saturated carbocycles. The largest absolute Gasteiger partial charge is 0.396 e. The molecule has 1 aromatic carbocycles. The Bertz CT molecular complexity index is 545. The Kier molecular flexibility index (Phi) is 4.74. The molecule has 0 bridgehead atoms. The number of nitrogens with zero attached hydrogens (tertiary/aromatic N) is 2. The number of amides is 1. The van der Waals surface area contributed by atoms with Crippen LogP contribution in [0.5, 0.6) is 0 Å². The number of hydrogen-bond donors (Lipinski definition) is 2. The van der Waals surface area contributed by atoms with E-state index in [1.165, 1.54) is 18.2 Å². The number of primary amides is 1. The van der Waals surface area contributed by atoms with Crippen LogP contribution in [0.3, 0.4) is 0 Å². The number of piperidine rings is 1. The molecule has 114 valence electrons. The van der Waals surface area contributed by atoms with Crippen LogP contribution in [0.1, 0.15) is 36.0 Å². The zero-order valence-corrected chi connectivity index (χ0v) is 11.7. The fourth-order valence-corrected chi connectivity index (χ4v) is 2.83. The van der Waals surface area contributed by atoms with E-state index in [1.54, 1.807) is 0 Å². The molecule has 0 aromatic heterocycles. The number of anilines is 1. The van der Waals surface area contributed by atoms with Gasteiger partial charge in [-0.3, -0.25) is 14.9 Å². The summed E-state index contributed by atoms with van der Waals surface area (Å²) in [4.78, 5) is 24.0. The molecular formula is C14H19N3O4. The number of rotatable bonds is 5. The maximum Gasteiger partial charge on any atom is 0.292 e. The summed E-state index contributed by atoms with van der Waals surface area (Å²) in [6.07, 6.45) is 3.39. The summed E-state index contributed by atoms with van der Waals surface area (Å²) in [5.41, 5.74) is 5.89. The van der Waals surface area contributed by atoms with E-state index in [0.29, 0.717) is 18.7 Å². The molecule has 21 heavy (non-hydrogen) atoms. The molecule has 0 spiro atoms. The SMILES string of the molecule is NC(=O)c1ccc([N+](=O)[O-])c(N2CCCCC2CCO)c1. The summed E-state index contributed by atoms with van der Waals surface area (Å²) >= 11 is 0. The summed E-state index contributed by atoms with van der Waals surface area (Å²) in [6.45, 7) is 0.707. The van der Waals surface area contributed by atoms with E-state index in [9.17, 15) is 14.9 Å². The number of benzene rings is 1. The lowest BCUT2D eigenvalue weighted by Gasteiger charge is -2.37. The van der Waals surface area contributed by atoms with Crippen molar-refractivity contribution in [3.05, 3.63) is 33.9 Å². The number of aliphatic hydroxyl groups is 1. The van der Waals surface area contributed by atoms with Crippen LogP contribution in [0.25, 0.3) is 0 Å². The Morgan fingerprint density at radius 3 is 2.86 bits per heavy atom. The molecule has 1 atom stereocenters. The first-order valence-electron chi connectivity index (χ1n) is 7.00. The molecule has 1 unspecified atom stereocenters. The highest BCUT2D eigenvalue weighted by atomic mass is 16.6. The van der Waals surface area contributed by atoms with Crippen LogP contribution in [0.15, 0.2) is 18.2 Å². The lowest BCUT2D eigenvalue weighted by atomic mass is 9.98. The second-order valence-corrected chi connectivity index (χ2v) is 5.18. The average molecular weight is 293 g/mol. The van der Waals surface area contributed by atoms with Crippen LogP contribution in [-0.4, -0.2) is 35.1 Å². The van der Waals surface area contributed by atoms with Crippen LogP contribution in [0, 0.1) is 10.1 Å². The second kappa shape index (κ2) is 6.53. The number of carbonyl (C=O) groups is 1. The van der Waals surface area contributed by atoms with Crippen LogP contribution < -0.4 is 10.6 Å². The number of carbonyl (C=O) groups excluding carboxylic acids is 1. The normalized spacial score (nSPS) is 18.5. The molecular weight excluding hydrogens is 274 g/mol. The van der Waals surface area contributed by atoms with Gasteiger partial charge in [0.05, 0.1) is 4.92 Å². The van der Waals surface area contributed by atoms with Gasteiger partial charge in [-0.05, 0) is 37.8 Å². The van der Waals surface area contributed by atoms with Crippen molar-refractivity contribution in [1.82, 2.24) is 0 Å². The minimum Gasteiger partial charge on any atom is -0.396 e.